The number of hydrogen-bond donors (Lipinski definition) is 4. The summed E-state index contributed by atoms with van der Waals surface area (Å²) in [6, 6.07) is -2.06. The van der Waals surface area contributed by atoms with Crippen molar-refractivity contribution < 1.29 is 14.4 Å². The minimum absolute atomic E-state index is 0.238. The van der Waals surface area contributed by atoms with Crippen LogP contribution in [0.15, 0.2) is 0 Å². The van der Waals surface area contributed by atoms with Crippen molar-refractivity contribution in [2.75, 3.05) is 6.54 Å². The molecular weight excluding hydrogens is 260 g/mol. The fraction of sp³-hybridized carbons (Fsp3) is 0.769. The molecule has 0 fully saturated rings. The van der Waals surface area contributed by atoms with Crippen LogP contribution in [-0.4, -0.2) is 42.4 Å². The number of unbranched alkanes of at least 4 members (excludes halogenated alkanes) is 1. The Bertz CT molecular complexity index is 345. The van der Waals surface area contributed by atoms with Gasteiger partial charge in [0, 0.05) is 6.54 Å². The SMILES string of the molecule is CCCCNC(=O)[C@H](C)NC(=O)[C@H](C)NC(=O)[C@H](C)N. The van der Waals surface area contributed by atoms with Crippen molar-refractivity contribution in [3.63, 3.8) is 0 Å². The van der Waals surface area contributed by atoms with E-state index < -0.39 is 29.9 Å². The van der Waals surface area contributed by atoms with Gasteiger partial charge in [0.2, 0.25) is 17.7 Å². The number of amides is 3. The highest BCUT2D eigenvalue weighted by Crippen LogP contribution is 1.90. The molecule has 0 aromatic heterocycles. The Labute approximate surface area is 120 Å². The molecule has 0 saturated carbocycles. The summed E-state index contributed by atoms with van der Waals surface area (Å²) >= 11 is 0. The van der Waals surface area contributed by atoms with Crippen LogP contribution in [0.5, 0.6) is 0 Å². The molecule has 0 aliphatic rings. The molecule has 0 bridgehead atoms. The van der Waals surface area contributed by atoms with Gasteiger partial charge in [0.1, 0.15) is 12.1 Å². The van der Waals surface area contributed by atoms with Crippen molar-refractivity contribution in [1.29, 1.82) is 0 Å². The van der Waals surface area contributed by atoms with E-state index in [-0.39, 0.29) is 5.91 Å². The first-order valence-corrected chi connectivity index (χ1v) is 6.93. The van der Waals surface area contributed by atoms with E-state index in [2.05, 4.69) is 16.0 Å². The van der Waals surface area contributed by atoms with Crippen LogP contribution in [0, 0.1) is 0 Å². The van der Waals surface area contributed by atoms with Crippen molar-refractivity contribution in [1.82, 2.24) is 16.0 Å². The van der Waals surface area contributed by atoms with E-state index in [0.717, 1.165) is 12.8 Å². The molecule has 0 rings (SSSR count). The minimum atomic E-state index is -0.737. The first-order chi connectivity index (χ1) is 9.29. The highest BCUT2D eigenvalue weighted by Gasteiger charge is 2.21. The van der Waals surface area contributed by atoms with Gasteiger partial charge >= 0.3 is 0 Å². The van der Waals surface area contributed by atoms with Gasteiger partial charge in [-0.05, 0) is 27.2 Å². The van der Waals surface area contributed by atoms with Crippen LogP contribution in [0.1, 0.15) is 40.5 Å². The van der Waals surface area contributed by atoms with Crippen LogP contribution in [0.25, 0.3) is 0 Å². The van der Waals surface area contributed by atoms with Crippen molar-refractivity contribution in [2.45, 2.75) is 58.7 Å². The van der Waals surface area contributed by atoms with Crippen LogP contribution in [0.2, 0.25) is 0 Å². The van der Waals surface area contributed by atoms with Crippen LogP contribution in [0.3, 0.4) is 0 Å². The summed E-state index contributed by atoms with van der Waals surface area (Å²) in [5.74, 6) is -1.07. The maximum absolute atomic E-state index is 11.8. The molecule has 3 amide bonds. The largest absolute Gasteiger partial charge is 0.354 e. The predicted octanol–water partition coefficient (Wildman–Crippen LogP) is -0.741. The second kappa shape index (κ2) is 9.30. The molecule has 0 radical (unpaired) electrons. The zero-order chi connectivity index (χ0) is 15.7. The molecule has 116 valence electrons. The topological polar surface area (TPSA) is 113 Å². The Hall–Kier alpha value is -1.63. The molecule has 0 aromatic carbocycles. The molecule has 20 heavy (non-hydrogen) atoms. The Morgan fingerprint density at radius 1 is 0.950 bits per heavy atom. The standard InChI is InChI=1S/C13H26N4O3/c1-5-6-7-15-12(19)9(3)17-13(20)10(4)16-11(18)8(2)14/h8-10H,5-7,14H2,1-4H3,(H,15,19)(H,16,18)(H,17,20)/t8-,9-,10-/m0/s1. The summed E-state index contributed by atoms with van der Waals surface area (Å²) in [5.41, 5.74) is 5.39. The Morgan fingerprint density at radius 2 is 1.45 bits per heavy atom. The van der Waals surface area contributed by atoms with Crippen molar-refractivity contribution >= 4 is 17.7 Å². The zero-order valence-electron chi connectivity index (χ0n) is 12.7. The number of nitrogens with one attached hydrogen (secondary N) is 3. The molecule has 0 aromatic rings. The molecule has 5 N–H and O–H groups in total. The second-order valence-corrected chi connectivity index (χ2v) is 4.89. The summed E-state index contributed by atoms with van der Waals surface area (Å²) in [7, 11) is 0. The average molecular weight is 286 g/mol. The molecule has 0 unspecified atom stereocenters. The van der Waals surface area contributed by atoms with Gasteiger partial charge in [-0.15, -0.1) is 0 Å². The summed E-state index contributed by atoms with van der Waals surface area (Å²) < 4.78 is 0. The van der Waals surface area contributed by atoms with Gasteiger partial charge in [-0.2, -0.15) is 0 Å². The van der Waals surface area contributed by atoms with Crippen LogP contribution in [0.4, 0.5) is 0 Å². The Kier molecular flexibility index (Phi) is 8.54. The highest BCUT2D eigenvalue weighted by molar-refractivity contribution is 5.92. The van der Waals surface area contributed by atoms with E-state index in [1.165, 1.54) is 13.8 Å². The predicted molar refractivity (Wildman–Crippen MR) is 76.8 cm³/mol. The van der Waals surface area contributed by atoms with Gasteiger partial charge in [0.15, 0.2) is 0 Å². The molecule has 0 heterocycles. The van der Waals surface area contributed by atoms with Gasteiger partial charge in [-0.1, -0.05) is 13.3 Å². The zero-order valence-corrected chi connectivity index (χ0v) is 12.7. The number of carbonyl (C=O) groups is 3. The third-order valence-corrected chi connectivity index (χ3v) is 2.75. The molecule has 0 spiro atoms. The minimum Gasteiger partial charge on any atom is -0.354 e. The van der Waals surface area contributed by atoms with E-state index in [0.29, 0.717) is 6.54 Å². The summed E-state index contributed by atoms with van der Waals surface area (Å²) in [4.78, 5) is 34.8. The lowest BCUT2D eigenvalue weighted by molar-refractivity contribution is -0.131. The van der Waals surface area contributed by atoms with Crippen molar-refractivity contribution in [3.8, 4) is 0 Å². The summed E-state index contributed by atoms with van der Waals surface area (Å²) in [6.07, 6.45) is 1.88. The monoisotopic (exact) mass is 286 g/mol. The first-order valence-electron chi connectivity index (χ1n) is 6.93. The highest BCUT2D eigenvalue weighted by atomic mass is 16.2. The number of hydrogen-bond acceptors (Lipinski definition) is 4. The number of carbonyl (C=O) groups excluding carboxylic acids is 3. The third-order valence-electron chi connectivity index (χ3n) is 2.75. The molecule has 7 nitrogen and oxygen atoms in total. The van der Waals surface area contributed by atoms with E-state index in [1.807, 2.05) is 6.92 Å². The number of rotatable bonds is 8. The quantitative estimate of drug-likeness (QED) is 0.440. The van der Waals surface area contributed by atoms with Crippen LogP contribution < -0.4 is 21.7 Å². The lowest BCUT2D eigenvalue weighted by atomic mass is 10.2. The van der Waals surface area contributed by atoms with E-state index >= 15 is 0 Å². The first kappa shape index (κ1) is 18.4. The summed E-state index contributed by atoms with van der Waals surface area (Å²) in [5, 5.41) is 7.74. The van der Waals surface area contributed by atoms with E-state index in [9.17, 15) is 14.4 Å². The Balaban J connectivity index is 4.17. The van der Waals surface area contributed by atoms with Crippen LogP contribution in [-0.2, 0) is 14.4 Å². The fourth-order valence-electron chi connectivity index (χ4n) is 1.36. The lowest BCUT2D eigenvalue weighted by Crippen LogP contribution is -2.53. The van der Waals surface area contributed by atoms with Gasteiger partial charge in [-0.3, -0.25) is 14.4 Å². The molecule has 0 saturated heterocycles. The van der Waals surface area contributed by atoms with Crippen LogP contribution >= 0.6 is 0 Å². The van der Waals surface area contributed by atoms with E-state index in [1.54, 1.807) is 6.92 Å². The number of nitrogens with two attached hydrogens (primary N) is 1. The van der Waals surface area contributed by atoms with Crippen molar-refractivity contribution in [2.24, 2.45) is 5.73 Å². The molecular formula is C13H26N4O3. The van der Waals surface area contributed by atoms with Gasteiger partial charge < -0.3 is 21.7 Å². The smallest absolute Gasteiger partial charge is 0.242 e. The Morgan fingerprint density at radius 3 is 1.95 bits per heavy atom. The molecule has 0 aliphatic carbocycles. The lowest BCUT2D eigenvalue weighted by Gasteiger charge is -2.19. The van der Waals surface area contributed by atoms with E-state index in [4.69, 9.17) is 5.73 Å². The molecule has 7 heteroatoms. The maximum Gasteiger partial charge on any atom is 0.242 e. The van der Waals surface area contributed by atoms with Crippen molar-refractivity contribution in [3.05, 3.63) is 0 Å². The van der Waals surface area contributed by atoms with Gasteiger partial charge in [-0.25, -0.2) is 0 Å². The van der Waals surface area contributed by atoms with Gasteiger partial charge in [0.05, 0.1) is 6.04 Å². The maximum atomic E-state index is 11.8. The fourth-order valence-corrected chi connectivity index (χ4v) is 1.36. The third kappa shape index (κ3) is 7.08. The molecule has 0 aliphatic heterocycles. The average Bonchev–Trinajstić information content (AvgIpc) is 2.38. The van der Waals surface area contributed by atoms with Gasteiger partial charge in [0.25, 0.3) is 0 Å². The normalized spacial score (nSPS) is 14.8. The summed E-state index contributed by atoms with van der Waals surface area (Å²) in [6.45, 7) is 7.28. The second-order valence-electron chi connectivity index (χ2n) is 4.89. The molecule has 3 atom stereocenters.